The Morgan fingerprint density at radius 2 is 1.58 bits per heavy atom. The smallest absolute Gasteiger partial charge is 0.194 e. The van der Waals surface area contributed by atoms with Crippen LogP contribution in [-0.2, 0) is 0 Å². The second-order valence-electron chi connectivity index (χ2n) is 5.86. The zero-order valence-corrected chi connectivity index (χ0v) is 14.4. The Morgan fingerprint density at radius 3 is 2.31 bits per heavy atom. The van der Waals surface area contributed by atoms with E-state index in [9.17, 15) is 9.59 Å². The molecule has 0 N–H and O–H groups in total. The molecular weight excluding hydrogens is 348 g/mol. The number of carbonyl (C=O) groups is 1. The summed E-state index contributed by atoms with van der Waals surface area (Å²) < 4.78 is 5.90. The van der Waals surface area contributed by atoms with E-state index >= 15 is 0 Å². The lowest BCUT2D eigenvalue weighted by atomic mass is 9.99. The van der Waals surface area contributed by atoms with Crippen LogP contribution in [0.3, 0.4) is 0 Å². The molecule has 4 heteroatoms. The monoisotopic (exact) mass is 360 g/mol. The number of fused-ring (bicyclic) bond motifs is 1. The molecule has 0 saturated heterocycles. The van der Waals surface area contributed by atoms with Gasteiger partial charge in [0.05, 0.1) is 5.39 Å². The van der Waals surface area contributed by atoms with Gasteiger partial charge in [-0.3, -0.25) is 9.59 Å². The molecule has 1 aromatic heterocycles. The third-order valence-electron chi connectivity index (χ3n) is 4.16. The maximum absolute atomic E-state index is 12.9. The molecule has 0 unspecified atom stereocenters. The number of hydrogen-bond acceptors (Lipinski definition) is 3. The highest BCUT2D eigenvalue weighted by Gasteiger charge is 2.17. The highest BCUT2D eigenvalue weighted by atomic mass is 35.5. The molecule has 0 saturated carbocycles. The lowest BCUT2D eigenvalue weighted by Crippen LogP contribution is -2.09. The van der Waals surface area contributed by atoms with Crippen LogP contribution < -0.4 is 5.43 Å². The van der Waals surface area contributed by atoms with Crippen LogP contribution in [-0.4, -0.2) is 5.78 Å². The van der Waals surface area contributed by atoms with Crippen LogP contribution in [0, 0.1) is 0 Å². The summed E-state index contributed by atoms with van der Waals surface area (Å²) in [5.41, 5.74) is 1.73. The van der Waals surface area contributed by atoms with Crippen molar-refractivity contribution in [2.75, 3.05) is 0 Å². The number of halogens is 1. The summed E-state index contributed by atoms with van der Waals surface area (Å²) >= 11 is 5.88. The molecule has 0 bridgehead atoms. The highest BCUT2D eigenvalue weighted by molar-refractivity contribution is 6.30. The first kappa shape index (κ1) is 16.3. The molecule has 3 nitrogen and oxygen atoms in total. The lowest BCUT2D eigenvalue weighted by Gasteiger charge is -2.07. The lowest BCUT2D eigenvalue weighted by molar-refractivity contribution is 0.104. The topological polar surface area (TPSA) is 47.3 Å². The molecule has 0 amide bonds. The summed E-state index contributed by atoms with van der Waals surface area (Å²) in [5, 5.41) is 0.832. The van der Waals surface area contributed by atoms with Crippen molar-refractivity contribution < 1.29 is 9.21 Å². The minimum Gasteiger partial charge on any atom is -0.456 e. The first-order chi connectivity index (χ1) is 12.6. The van der Waals surface area contributed by atoms with Crippen molar-refractivity contribution in [3.05, 3.63) is 105 Å². The van der Waals surface area contributed by atoms with Crippen LogP contribution in [0.2, 0.25) is 5.02 Å². The van der Waals surface area contributed by atoms with Gasteiger partial charge in [-0.1, -0.05) is 54.1 Å². The van der Waals surface area contributed by atoms with Gasteiger partial charge in [-0.2, -0.15) is 0 Å². The van der Waals surface area contributed by atoms with E-state index in [2.05, 4.69) is 0 Å². The largest absolute Gasteiger partial charge is 0.456 e. The van der Waals surface area contributed by atoms with E-state index in [1.54, 1.807) is 42.5 Å². The molecule has 0 atom stereocenters. The fourth-order valence-corrected chi connectivity index (χ4v) is 3.03. The first-order valence-electron chi connectivity index (χ1n) is 8.06. The van der Waals surface area contributed by atoms with E-state index in [0.29, 0.717) is 27.5 Å². The third kappa shape index (κ3) is 2.93. The number of hydrogen-bond donors (Lipinski definition) is 0. The van der Waals surface area contributed by atoms with Gasteiger partial charge >= 0.3 is 0 Å². The number of rotatable bonds is 3. The normalized spacial score (nSPS) is 10.8. The highest BCUT2D eigenvalue weighted by Crippen LogP contribution is 2.25. The Hall–Kier alpha value is -3.17. The standard InChI is InChI=1S/C22H13ClO3/c23-16-11-9-15(10-12-16)22(25)17-7-4-8-19-21(17)18(24)13-20(26-19)14-5-2-1-3-6-14/h1-13H. The van der Waals surface area contributed by atoms with E-state index in [4.69, 9.17) is 16.0 Å². The molecule has 0 aliphatic carbocycles. The van der Waals surface area contributed by atoms with Crippen LogP contribution in [0.4, 0.5) is 0 Å². The average Bonchev–Trinajstić information content (AvgIpc) is 2.68. The maximum atomic E-state index is 12.9. The van der Waals surface area contributed by atoms with Crippen molar-refractivity contribution in [3.8, 4) is 11.3 Å². The Kier molecular flexibility index (Phi) is 4.15. The molecule has 1 heterocycles. The maximum Gasteiger partial charge on any atom is 0.194 e. The Bertz CT molecular complexity index is 1160. The second kappa shape index (κ2) is 6.62. The molecule has 0 aliphatic heterocycles. The number of benzene rings is 3. The van der Waals surface area contributed by atoms with Crippen LogP contribution in [0.5, 0.6) is 0 Å². The van der Waals surface area contributed by atoms with E-state index in [1.807, 2.05) is 30.3 Å². The molecule has 126 valence electrons. The average molecular weight is 361 g/mol. The molecule has 0 radical (unpaired) electrons. The zero-order valence-electron chi connectivity index (χ0n) is 13.6. The van der Waals surface area contributed by atoms with Gasteiger partial charge in [-0.05, 0) is 30.3 Å². The summed E-state index contributed by atoms with van der Waals surface area (Å²) in [7, 11) is 0. The summed E-state index contributed by atoms with van der Waals surface area (Å²) in [4.78, 5) is 25.6. The van der Waals surface area contributed by atoms with Crippen LogP contribution >= 0.6 is 11.6 Å². The summed E-state index contributed by atoms with van der Waals surface area (Å²) in [6.45, 7) is 0. The zero-order chi connectivity index (χ0) is 18.1. The summed E-state index contributed by atoms with van der Waals surface area (Å²) in [6, 6.07) is 22.4. The Morgan fingerprint density at radius 1 is 0.846 bits per heavy atom. The van der Waals surface area contributed by atoms with E-state index < -0.39 is 0 Å². The fraction of sp³-hybridized carbons (Fsp3) is 0. The van der Waals surface area contributed by atoms with Gasteiger partial charge in [0, 0.05) is 27.8 Å². The second-order valence-corrected chi connectivity index (χ2v) is 6.29. The Labute approximate surface area is 154 Å². The van der Waals surface area contributed by atoms with Crippen LogP contribution in [0.1, 0.15) is 15.9 Å². The first-order valence-corrected chi connectivity index (χ1v) is 8.44. The van der Waals surface area contributed by atoms with Gasteiger partial charge in [-0.15, -0.1) is 0 Å². The van der Waals surface area contributed by atoms with Gasteiger partial charge in [0.1, 0.15) is 11.3 Å². The van der Waals surface area contributed by atoms with Gasteiger partial charge < -0.3 is 4.42 Å². The molecule has 26 heavy (non-hydrogen) atoms. The van der Waals surface area contributed by atoms with Gasteiger partial charge in [0.25, 0.3) is 0 Å². The van der Waals surface area contributed by atoms with Crippen molar-refractivity contribution in [2.45, 2.75) is 0 Å². The van der Waals surface area contributed by atoms with Gasteiger partial charge in [0.2, 0.25) is 0 Å². The molecule has 4 rings (SSSR count). The predicted octanol–water partition coefficient (Wildman–Crippen LogP) is 5.34. The van der Waals surface area contributed by atoms with Crippen LogP contribution in [0.25, 0.3) is 22.3 Å². The number of carbonyl (C=O) groups excluding carboxylic acids is 1. The van der Waals surface area contributed by atoms with Crippen molar-refractivity contribution in [1.82, 2.24) is 0 Å². The van der Waals surface area contributed by atoms with Crippen LogP contribution in [0.15, 0.2) is 88.1 Å². The fourth-order valence-electron chi connectivity index (χ4n) is 2.90. The van der Waals surface area contributed by atoms with E-state index in [-0.39, 0.29) is 16.6 Å². The SMILES string of the molecule is O=C(c1ccc(Cl)cc1)c1cccc2oc(-c3ccccc3)cc(=O)c12. The minimum atomic E-state index is -0.247. The predicted molar refractivity (Wildman–Crippen MR) is 103 cm³/mol. The molecular formula is C22H13ClO3. The molecule has 3 aromatic carbocycles. The van der Waals surface area contributed by atoms with Crippen molar-refractivity contribution in [2.24, 2.45) is 0 Å². The van der Waals surface area contributed by atoms with Crippen molar-refractivity contribution >= 4 is 28.4 Å². The summed E-state index contributed by atoms with van der Waals surface area (Å²) in [6.07, 6.45) is 0. The van der Waals surface area contributed by atoms with Gasteiger partial charge in [-0.25, -0.2) is 0 Å². The molecule has 0 aliphatic rings. The third-order valence-corrected chi connectivity index (χ3v) is 4.42. The van der Waals surface area contributed by atoms with Crippen molar-refractivity contribution in [1.29, 1.82) is 0 Å². The minimum absolute atomic E-state index is 0.243. The quantitative estimate of drug-likeness (QED) is 0.463. The van der Waals surface area contributed by atoms with Gasteiger partial charge in [0.15, 0.2) is 11.2 Å². The van der Waals surface area contributed by atoms with E-state index in [1.165, 1.54) is 6.07 Å². The van der Waals surface area contributed by atoms with E-state index in [0.717, 1.165) is 5.56 Å². The molecule has 0 fully saturated rings. The Balaban J connectivity index is 1.88. The number of ketones is 1. The summed E-state index contributed by atoms with van der Waals surface area (Å²) in [5.74, 6) is 0.228. The molecule has 0 spiro atoms. The molecule has 4 aromatic rings. The van der Waals surface area contributed by atoms with Crippen molar-refractivity contribution in [3.63, 3.8) is 0 Å².